The van der Waals surface area contributed by atoms with Gasteiger partial charge in [0.1, 0.15) is 0 Å². The molecule has 1 aliphatic carbocycles. The smallest absolute Gasteiger partial charge is 0.166 e. The lowest BCUT2D eigenvalue weighted by Gasteiger charge is -2.38. The van der Waals surface area contributed by atoms with Crippen LogP contribution in [0.5, 0.6) is 0 Å². The van der Waals surface area contributed by atoms with Crippen LogP contribution in [-0.4, -0.2) is 21.8 Å². The summed E-state index contributed by atoms with van der Waals surface area (Å²) in [5.41, 5.74) is 0.646. The Morgan fingerprint density at radius 2 is 1.79 bits per heavy atom. The maximum atomic E-state index is 11.7. The van der Waals surface area contributed by atoms with Crippen LogP contribution in [0.15, 0.2) is 30.3 Å². The highest BCUT2D eigenvalue weighted by Gasteiger charge is 2.44. The van der Waals surface area contributed by atoms with Crippen molar-refractivity contribution < 1.29 is 15.0 Å². The third-order valence-electron chi connectivity index (χ3n) is 2.58. The molecule has 1 aromatic carbocycles. The van der Waals surface area contributed by atoms with Gasteiger partial charge in [0.2, 0.25) is 0 Å². The minimum Gasteiger partial charge on any atom is -0.366 e. The van der Waals surface area contributed by atoms with Gasteiger partial charge in [0.05, 0.1) is 0 Å². The summed E-state index contributed by atoms with van der Waals surface area (Å²) in [5, 5.41) is 18.2. The molecule has 0 saturated heterocycles. The minimum atomic E-state index is -1.62. The highest BCUT2D eigenvalue weighted by Crippen LogP contribution is 2.37. The zero-order valence-corrected chi connectivity index (χ0v) is 7.68. The second kappa shape index (κ2) is 3.19. The van der Waals surface area contributed by atoms with Gasteiger partial charge in [-0.05, 0) is 0 Å². The largest absolute Gasteiger partial charge is 0.366 e. The Labute approximate surface area is 82.0 Å². The molecule has 0 radical (unpaired) electrons. The van der Waals surface area contributed by atoms with E-state index in [1.54, 1.807) is 24.3 Å². The summed E-state index contributed by atoms with van der Waals surface area (Å²) in [7, 11) is 0. The first-order valence-electron chi connectivity index (χ1n) is 4.62. The average molecular weight is 192 g/mol. The van der Waals surface area contributed by atoms with Crippen molar-refractivity contribution in [1.29, 1.82) is 0 Å². The maximum absolute atomic E-state index is 11.7. The number of rotatable bonds is 2. The molecule has 2 rings (SSSR count). The van der Waals surface area contributed by atoms with Crippen molar-refractivity contribution in [3.8, 4) is 0 Å². The van der Waals surface area contributed by atoms with Crippen LogP contribution in [-0.2, 0) is 0 Å². The van der Waals surface area contributed by atoms with Gasteiger partial charge in [-0.2, -0.15) is 0 Å². The van der Waals surface area contributed by atoms with Gasteiger partial charge in [-0.15, -0.1) is 0 Å². The fraction of sp³-hybridized carbons (Fsp3) is 0.364. The van der Waals surface area contributed by atoms with Crippen LogP contribution in [0.25, 0.3) is 0 Å². The second-order valence-electron chi connectivity index (χ2n) is 3.82. The number of Topliss-reactive ketones (excluding diaryl/α,β-unsaturated/α-hetero) is 1. The van der Waals surface area contributed by atoms with Crippen LogP contribution in [0.2, 0.25) is 0 Å². The quantitative estimate of drug-likeness (QED) is 0.542. The van der Waals surface area contributed by atoms with Crippen LogP contribution in [0.3, 0.4) is 0 Å². The summed E-state index contributed by atoms with van der Waals surface area (Å²) in [6.45, 7) is 0. The first-order chi connectivity index (χ1) is 6.58. The number of carbonyl (C=O) groups is 1. The average Bonchev–Trinajstić information content (AvgIpc) is 2.14. The molecular formula is C11H12O3. The predicted molar refractivity (Wildman–Crippen MR) is 50.7 cm³/mol. The SMILES string of the molecule is O=C(c1ccccc1)C1CC(O)(O)C1. The van der Waals surface area contributed by atoms with Gasteiger partial charge in [0.15, 0.2) is 11.6 Å². The summed E-state index contributed by atoms with van der Waals surface area (Å²) in [6.07, 6.45) is 0.307. The predicted octanol–water partition coefficient (Wildman–Crippen LogP) is 0.960. The molecule has 0 heterocycles. The van der Waals surface area contributed by atoms with Crippen LogP contribution in [0, 0.1) is 5.92 Å². The van der Waals surface area contributed by atoms with Crippen molar-refractivity contribution in [3.05, 3.63) is 35.9 Å². The van der Waals surface area contributed by atoms with Crippen LogP contribution in [0.1, 0.15) is 23.2 Å². The highest BCUT2D eigenvalue weighted by atomic mass is 16.5. The van der Waals surface area contributed by atoms with E-state index in [4.69, 9.17) is 10.2 Å². The van der Waals surface area contributed by atoms with Crippen molar-refractivity contribution in [3.63, 3.8) is 0 Å². The Morgan fingerprint density at radius 3 is 2.29 bits per heavy atom. The van der Waals surface area contributed by atoms with Crippen molar-refractivity contribution >= 4 is 5.78 Å². The van der Waals surface area contributed by atoms with Gasteiger partial charge < -0.3 is 10.2 Å². The van der Waals surface area contributed by atoms with E-state index >= 15 is 0 Å². The Bertz CT molecular complexity index is 335. The van der Waals surface area contributed by atoms with Crippen molar-refractivity contribution in [2.24, 2.45) is 5.92 Å². The number of carbonyl (C=O) groups excluding carboxylic acids is 1. The first kappa shape index (κ1) is 9.37. The first-order valence-corrected chi connectivity index (χ1v) is 4.62. The molecule has 74 valence electrons. The lowest BCUT2D eigenvalue weighted by molar-refractivity contribution is -0.226. The molecule has 0 bridgehead atoms. The molecule has 0 aliphatic heterocycles. The lowest BCUT2D eigenvalue weighted by atomic mass is 9.75. The molecule has 1 aromatic rings. The molecule has 0 spiro atoms. The van der Waals surface area contributed by atoms with Gasteiger partial charge in [0, 0.05) is 24.3 Å². The Kier molecular flexibility index (Phi) is 2.13. The standard InChI is InChI=1S/C11H12O3/c12-10(8-4-2-1-3-5-8)9-6-11(13,14)7-9/h1-5,9,13-14H,6-7H2. The highest BCUT2D eigenvalue weighted by molar-refractivity contribution is 5.98. The topological polar surface area (TPSA) is 57.5 Å². The summed E-state index contributed by atoms with van der Waals surface area (Å²) < 4.78 is 0. The fourth-order valence-electron chi connectivity index (χ4n) is 1.75. The van der Waals surface area contributed by atoms with E-state index in [-0.39, 0.29) is 24.5 Å². The van der Waals surface area contributed by atoms with Crippen LogP contribution in [0.4, 0.5) is 0 Å². The monoisotopic (exact) mass is 192 g/mol. The molecule has 2 N–H and O–H groups in total. The van der Waals surface area contributed by atoms with E-state index in [1.165, 1.54) is 0 Å². The summed E-state index contributed by atoms with van der Waals surface area (Å²) >= 11 is 0. The van der Waals surface area contributed by atoms with E-state index in [2.05, 4.69) is 0 Å². The van der Waals surface area contributed by atoms with E-state index in [0.717, 1.165) is 0 Å². The van der Waals surface area contributed by atoms with E-state index in [9.17, 15) is 4.79 Å². The lowest BCUT2D eigenvalue weighted by Crippen LogP contribution is -2.46. The molecule has 0 atom stereocenters. The summed E-state index contributed by atoms with van der Waals surface area (Å²) in [6, 6.07) is 8.95. The van der Waals surface area contributed by atoms with Crippen molar-refractivity contribution in [1.82, 2.24) is 0 Å². The molecular weight excluding hydrogens is 180 g/mol. The molecule has 1 saturated carbocycles. The fourth-order valence-corrected chi connectivity index (χ4v) is 1.75. The van der Waals surface area contributed by atoms with Crippen molar-refractivity contribution in [2.45, 2.75) is 18.6 Å². The third kappa shape index (κ3) is 1.69. The zero-order valence-electron chi connectivity index (χ0n) is 7.68. The Hall–Kier alpha value is -1.19. The molecule has 0 aromatic heterocycles. The Balaban J connectivity index is 2.05. The summed E-state index contributed by atoms with van der Waals surface area (Å²) in [5.74, 6) is -1.84. The number of hydrogen-bond donors (Lipinski definition) is 2. The van der Waals surface area contributed by atoms with E-state index in [1.807, 2.05) is 6.07 Å². The van der Waals surface area contributed by atoms with Gasteiger partial charge in [-0.1, -0.05) is 30.3 Å². The normalized spacial score (nSPS) is 20.1. The third-order valence-corrected chi connectivity index (χ3v) is 2.58. The second-order valence-corrected chi connectivity index (χ2v) is 3.82. The number of hydrogen-bond acceptors (Lipinski definition) is 3. The molecule has 14 heavy (non-hydrogen) atoms. The van der Waals surface area contributed by atoms with Gasteiger partial charge >= 0.3 is 0 Å². The number of benzene rings is 1. The van der Waals surface area contributed by atoms with Gasteiger partial charge in [0.25, 0.3) is 0 Å². The summed E-state index contributed by atoms with van der Waals surface area (Å²) in [4.78, 5) is 11.7. The van der Waals surface area contributed by atoms with Crippen LogP contribution >= 0.6 is 0 Å². The zero-order chi connectivity index (χ0) is 10.2. The number of aliphatic hydroxyl groups is 2. The molecule has 3 heteroatoms. The molecule has 3 nitrogen and oxygen atoms in total. The van der Waals surface area contributed by atoms with Gasteiger partial charge in [-0.3, -0.25) is 4.79 Å². The molecule has 0 amide bonds. The maximum Gasteiger partial charge on any atom is 0.166 e. The molecule has 0 unspecified atom stereocenters. The molecule has 1 fully saturated rings. The van der Waals surface area contributed by atoms with E-state index < -0.39 is 5.79 Å². The van der Waals surface area contributed by atoms with Crippen LogP contribution < -0.4 is 0 Å². The minimum absolute atomic E-state index is 0.00400. The number of ketones is 1. The molecule has 1 aliphatic rings. The van der Waals surface area contributed by atoms with Crippen molar-refractivity contribution in [2.75, 3.05) is 0 Å². The Morgan fingerprint density at radius 1 is 1.21 bits per heavy atom. The van der Waals surface area contributed by atoms with Gasteiger partial charge in [-0.25, -0.2) is 0 Å². The van der Waals surface area contributed by atoms with E-state index in [0.29, 0.717) is 5.56 Å².